The SMILES string of the molecule is O=C(C1CCOCC1)N1CC2(CCCNC2)C1. The van der Waals surface area contributed by atoms with Gasteiger partial charge < -0.3 is 15.0 Å². The van der Waals surface area contributed by atoms with Crippen molar-refractivity contribution < 1.29 is 9.53 Å². The molecule has 0 aromatic carbocycles. The van der Waals surface area contributed by atoms with Gasteiger partial charge in [0, 0.05) is 44.2 Å². The van der Waals surface area contributed by atoms with Crippen LogP contribution in [0.4, 0.5) is 0 Å². The average Bonchev–Trinajstić information content (AvgIpc) is 2.37. The number of ether oxygens (including phenoxy) is 1. The van der Waals surface area contributed by atoms with Crippen LogP contribution in [0.1, 0.15) is 25.7 Å². The third-order valence-electron chi connectivity index (χ3n) is 4.50. The molecule has 1 N–H and O–H groups in total. The van der Waals surface area contributed by atoms with Crippen molar-refractivity contribution in [2.24, 2.45) is 11.3 Å². The van der Waals surface area contributed by atoms with Crippen molar-refractivity contribution in [1.29, 1.82) is 0 Å². The average molecular weight is 238 g/mol. The summed E-state index contributed by atoms with van der Waals surface area (Å²) in [5.74, 6) is 0.613. The molecule has 3 aliphatic rings. The van der Waals surface area contributed by atoms with E-state index in [9.17, 15) is 4.79 Å². The summed E-state index contributed by atoms with van der Waals surface area (Å²) in [7, 11) is 0. The number of hydrogen-bond donors (Lipinski definition) is 1. The van der Waals surface area contributed by atoms with Gasteiger partial charge in [0.1, 0.15) is 0 Å². The molecule has 3 rings (SSSR count). The fourth-order valence-electron chi connectivity index (χ4n) is 3.42. The Kier molecular flexibility index (Phi) is 3.09. The zero-order valence-electron chi connectivity index (χ0n) is 10.4. The summed E-state index contributed by atoms with van der Waals surface area (Å²) < 4.78 is 5.31. The van der Waals surface area contributed by atoms with Crippen LogP contribution in [0.5, 0.6) is 0 Å². The van der Waals surface area contributed by atoms with Crippen LogP contribution >= 0.6 is 0 Å². The molecule has 0 aromatic heterocycles. The lowest BCUT2D eigenvalue weighted by Gasteiger charge is -2.53. The number of hydrogen-bond acceptors (Lipinski definition) is 3. The molecule has 0 bridgehead atoms. The van der Waals surface area contributed by atoms with E-state index < -0.39 is 0 Å². The molecule has 3 fully saturated rings. The minimum atomic E-state index is 0.234. The monoisotopic (exact) mass is 238 g/mol. The lowest BCUT2D eigenvalue weighted by atomic mass is 9.73. The minimum Gasteiger partial charge on any atom is -0.381 e. The highest BCUT2D eigenvalue weighted by atomic mass is 16.5. The number of rotatable bonds is 1. The molecule has 17 heavy (non-hydrogen) atoms. The van der Waals surface area contributed by atoms with Crippen LogP contribution in [0.3, 0.4) is 0 Å². The molecule has 0 atom stereocenters. The first-order chi connectivity index (χ1) is 8.29. The van der Waals surface area contributed by atoms with Crippen molar-refractivity contribution in [3.05, 3.63) is 0 Å². The summed E-state index contributed by atoms with van der Waals surface area (Å²) in [6, 6.07) is 0. The van der Waals surface area contributed by atoms with Crippen molar-refractivity contribution in [3.63, 3.8) is 0 Å². The maximum absolute atomic E-state index is 12.3. The Bertz CT molecular complexity index is 286. The van der Waals surface area contributed by atoms with E-state index in [0.29, 0.717) is 11.3 Å². The molecule has 96 valence electrons. The van der Waals surface area contributed by atoms with Crippen molar-refractivity contribution in [2.75, 3.05) is 39.4 Å². The zero-order chi connectivity index (χ0) is 11.7. The Morgan fingerprint density at radius 1 is 1.29 bits per heavy atom. The van der Waals surface area contributed by atoms with Gasteiger partial charge in [0.2, 0.25) is 5.91 Å². The Morgan fingerprint density at radius 3 is 2.71 bits per heavy atom. The van der Waals surface area contributed by atoms with E-state index in [2.05, 4.69) is 10.2 Å². The molecule has 3 saturated heterocycles. The van der Waals surface area contributed by atoms with E-state index in [1.165, 1.54) is 12.8 Å². The van der Waals surface area contributed by atoms with Crippen LogP contribution in [0.15, 0.2) is 0 Å². The number of piperidine rings is 1. The summed E-state index contributed by atoms with van der Waals surface area (Å²) >= 11 is 0. The molecule has 3 heterocycles. The molecular formula is C13H22N2O2. The highest BCUT2D eigenvalue weighted by Crippen LogP contribution is 2.37. The van der Waals surface area contributed by atoms with Crippen molar-refractivity contribution in [1.82, 2.24) is 10.2 Å². The topological polar surface area (TPSA) is 41.6 Å². The Balaban J connectivity index is 1.52. The van der Waals surface area contributed by atoms with Gasteiger partial charge in [-0.25, -0.2) is 0 Å². The first-order valence-corrected chi connectivity index (χ1v) is 6.86. The number of amides is 1. The van der Waals surface area contributed by atoms with Gasteiger partial charge in [-0.2, -0.15) is 0 Å². The summed E-state index contributed by atoms with van der Waals surface area (Å²) in [5, 5.41) is 3.46. The second kappa shape index (κ2) is 4.58. The molecule has 1 amide bonds. The fourth-order valence-corrected chi connectivity index (χ4v) is 3.42. The highest BCUT2D eigenvalue weighted by molar-refractivity contribution is 5.80. The van der Waals surface area contributed by atoms with E-state index in [1.54, 1.807) is 0 Å². The summed E-state index contributed by atoms with van der Waals surface area (Å²) in [6.07, 6.45) is 4.39. The second-order valence-corrected chi connectivity index (χ2v) is 5.86. The van der Waals surface area contributed by atoms with Gasteiger partial charge in [0.25, 0.3) is 0 Å². The van der Waals surface area contributed by atoms with Gasteiger partial charge in [-0.1, -0.05) is 0 Å². The maximum Gasteiger partial charge on any atom is 0.225 e. The van der Waals surface area contributed by atoms with Crippen molar-refractivity contribution in [3.8, 4) is 0 Å². The lowest BCUT2D eigenvalue weighted by molar-refractivity contribution is -0.152. The van der Waals surface area contributed by atoms with E-state index in [0.717, 1.165) is 52.2 Å². The quantitative estimate of drug-likeness (QED) is 0.728. The third-order valence-corrected chi connectivity index (χ3v) is 4.50. The van der Waals surface area contributed by atoms with Crippen molar-refractivity contribution in [2.45, 2.75) is 25.7 Å². The summed E-state index contributed by atoms with van der Waals surface area (Å²) in [4.78, 5) is 14.3. The predicted octanol–water partition coefficient (Wildman–Crippen LogP) is 0.625. The fraction of sp³-hybridized carbons (Fsp3) is 0.923. The van der Waals surface area contributed by atoms with E-state index in [4.69, 9.17) is 4.74 Å². The number of nitrogens with zero attached hydrogens (tertiary/aromatic N) is 1. The third kappa shape index (κ3) is 2.20. The minimum absolute atomic E-state index is 0.234. The lowest BCUT2D eigenvalue weighted by Crippen LogP contribution is -2.64. The zero-order valence-corrected chi connectivity index (χ0v) is 10.4. The van der Waals surface area contributed by atoms with Crippen molar-refractivity contribution >= 4 is 5.91 Å². The standard InChI is InChI=1S/C13H22N2O2/c16-12(11-2-6-17-7-3-11)15-9-13(10-15)4-1-5-14-8-13/h11,14H,1-10H2. The van der Waals surface area contributed by atoms with Crippen LogP contribution in [0.2, 0.25) is 0 Å². The highest BCUT2D eigenvalue weighted by Gasteiger charge is 2.46. The Labute approximate surface area is 103 Å². The van der Waals surface area contributed by atoms with Gasteiger partial charge in [-0.15, -0.1) is 0 Å². The molecule has 1 spiro atoms. The molecule has 0 saturated carbocycles. The molecule has 0 unspecified atom stereocenters. The molecule has 0 radical (unpaired) electrons. The number of carbonyl (C=O) groups is 1. The first-order valence-electron chi connectivity index (χ1n) is 6.86. The molecule has 0 aromatic rings. The number of nitrogens with one attached hydrogen (secondary N) is 1. The van der Waals surface area contributed by atoms with Gasteiger partial charge in [-0.3, -0.25) is 4.79 Å². The first kappa shape index (κ1) is 11.5. The molecule has 0 aliphatic carbocycles. The molecular weight excluding hydrogens is 216 g/mol. The summed E-state index contributed by atoms with van der Waals surface area (Å²) in [6.45, 7) is 5.74. The Morgan fingerprint density at radius 2 is 2.06 bits per heavy atom. The molecule has 4 nitrogen and oxygen atoms in total. The largest absolute Gasteiger partial charge is 0.381 e. The maximum atomic E-state index is 12.3. The van der Waals surface area contributed by atoms with Crippen LogP contribution in [-0.4, -0.2) is 50.2 Å². The van der Waals surface area contributed by atoms with Gasteiger partial charge in [0.05, 0.1) is 0 Å². The van der Waals surface area contributed by atoms with Crippen LogP contribution < -0.4 is 5.32 Å². The number of likely N-dealkylation sites (tertiary alicyclic amines) is 1. The van der Waals surface area contributed by atoms with Gasteiger partial charge in [-0.05, 0) is 32.2 Å². The van der Waals surface area contributed by atoms with E-state index >= 15 is 0 Å². The van der Waals surface area contributed by atoms with E-state index in [1.807, 2.05) is 0 Å². The summed E-state index contributed by atoms with van der Waals surface area (Å²) in [5.41, 5.74) is 0.416. The normalized spacial score (nSPS) is 29.1. The van der Waals surface area contributed by atoms with Gasteiger partial charge >= 0.3 is 0 Å². The van der Waals surface area contributed by atoms with Crippen LogP contribution in [-0.2, 0) is 9.53 Å². The smallest absolute Gasteiger partial charge is 0.225 e. The van der Waals surface area contributed by atoms with Crippen LogP contribution in [0, 0.1) is 11.3 Å². The van der Waals surface area contributed by atoms with E-state index in [-0.39, 0.29) is 5.92 Å². The predicted molar refractivity (Wildman–Crippen MR) is 64.7 cm³/mol. The second-order valence-electron chi connectivity index (χ2n) is 5.86. The van der Waals surface area contributed by atoms with Gasteiger partial charge in [0.15, 0.2) is 0 Å². The molecule has 3 aliphatic heterocycles. The Hall–Kier alpha value is -0.610. The molecule has 4 heteroatoms. The van der Waals surface area contributed by atoms with Crippen LogP contribution in [0.25, 0.3) is 0 Å². The number of carbonyl (C=O) groups excluding carboxylic acids is 1.